The molecular formula is C15H22N2O2. The van der Waals surface area contributed by atoms with Gasteiger partial charge in [-0.15, -0.1) is 0 Å². The number of carbonyl (C=O) groups is 1. The average molecular weight is 262 g/mol. The first kappa shape index (κ1) is 13.7. The summed E-state index contributed by atoms with van der Waals surface area (Å²) >= 11 is 0. The van der Waals surface area contributed by atoms with Crippen LogP contribution in [0.3, 0.4) is 0 Å². The highest BCUT2D eigenvalue weighted by molar-refractivity contribution is 5.99. The van der Waals surface area contributed by atoms with Gasteiger partial charge in [0.05, 0.1) is 18.4 Å². The molecule has 0 aromatic heterocycles. The summed E-state index contributed by atoms with van der Waals surface area (Å²) < 4.78 is 5.28. The van der Waals surface area contributed by atoms with Crippen molar-refractivity contribution in [3.63, 3.8) is 0 Å². The summed E-state index contributed by atoms with van der Waals surface area (Å²) in [5.74, 6) is 0.987. The normalized spacial score (nSPS) is 18.9. The maximum atomic E-state index is 12.7. The summed E-state index contributed by atoms with van der Waals surface area (Å²) in [4.78, 5) is 14.6. The fraction of sp³-hybridized carbons (Fsp3) is 0.533. The summed E-state index contributed by atoms with van der Waals surface area (Å²) in [6, 6.07) is 5.65. The monoisotopic (exact) mass is 262 g/mol. The summed E-state index contributed by atoms with van der Waals surface area (Å²) in [7, 11) is 1.55. The molecule has 1 unspecified atom stereocenters. The first-order valence-electron chi connectivity index (χ1n) is 6.79. The number of anilines is 1. The van der Waals surface area contributed by atoms with Crippen LogP contribution in [0.2, 0.25) is 0 Å². The zero-order valence-electron chi connectivity index (χ0n) is 11.8. The Bertz CT molecular complexity index is 471. The van der Waals surface area contributed by atoms with Crippen molar-refractivity contribution in [2.24, 2.45) is 5.92 Å². The van der Waals surface area contributed by atoms with Crippen LogP contribution in [0.25, 0.3) is 0 Å². The molecule has 1 atom stereocenters. The molecule has 1 aliphatic heterocycles. The SMILES string of the molecule is COc1c(N)cccc1C(=O)N1CCCC1C(C)C. The molecule has 1 aromatic carbocycles. The van der Waals surface area contributed by atoms with Crippen LogP contribution in [0.15, 0.2) is 18.2 Å². The number of nitrogens with two attached hydrogens (primary N) is 1. The van der Waals surface area contributed by atoms with E-state index in [1.165, 1.54) is 0 Å². The largest absolute Gasteiger partial charge is 0.494 e. The summed E-state index contributed by atoms with van der Waals surface area (Å²) in [5.41, 5.74) is 6.94. The minimum absolute atomic E-state index is 0.0281. The van der Waals surface area contributed by atoms with Crippen molar-refractivity contribution in [3.8, 4) is 5.75 Å². The quantitative estimate of drug-likeness (QED) is 0.852. The predicted octanol–water partition coefficient (Wildman–Crippen LogP) is 2.54. The molecule has 2 rings (SSSR count). The Morgan fingerprint density at radius 2 is 2.21 bits per heavy atom. The molecule has 1 heterocycles. The van der Waals surface area contributed by atoms with Crippen LogP contribution in [0.5, 0.6) is 5.75 Å². The molecule has 2 N–H and O–H groups in total. The highest BCUT2D eigenvalue weighted by atomic mass is 16.5. The zero-order valence-corrected chi connectivity index (χ0v) is 11.8. The number of rotatable bonds is 3. The van der Waals surface area contributed by atoms with E-state index in [4.69, 9.17) is 10.5 Å². The Kier molecular flexibility index (Phi) is 3.98. The van der Waals surface area contributed by atoms with Crippen molar-refractivity contribution in [1.82, 2.24) is 4.90 Å². The number of likely N-dealkylation sites (tertiary alicyclic amines) is 1. The van der Waals surface area contributed by atoms with Gasteiger partial charge in [-0.1, -0.05) is 19.9 Å². The van der Waals surface area contributed by atoms with Crippen molar-refractivity contribution < 1.29 is 9.53 Å². The minimum atomic E-state index is 0.0281. The van der Waals surface area contributed by atoms with Gasteiger partial charge >= 0.3 is 0 Å². The Balaban J connectivity index is 2.32. The van der Waals surface area contributed by atoms with Gasteiger partial charge in [-0.3, -0.25) is 4.79 Å². The van der Waals surface area contributed by atoms with Crippen LogP contribution in [0.1, 0.15) is 37.0 Å². The molecule has 1 fully saturated rings. The maximum absolute atomic E-state index is 12.7. The van der Waals surface area contributed by atoms with Crippen molar-refractivity contribution >= 4 is 11.6 Å². The van der Waals surface area contributed by atoms with Crippen LogP contribution in [-0.4, -0.2) is 30.5 Å². The van der Waals surface area contributed by atoms with Gasteiger partial charge in [0.2, 0.25) is 0 Å². The number of methoxy groups -OCH3 is 1. The number of amides is 1. The van der Waals surface area contributed by atoms with Gasteiger partial charge in [-0.05, 0) is 30.9 Å². The molecule has 0 aliphatic carbocycles. The number of nitrogen functional groups attached to an aromatic ring is 1. The Hall–Kier alpha value is -1.71. The van der Waals surface area contributed by atoms with Gasteiger partial charge in [0.25, 0.3) is 5.91 Å². The van der Waals surface area contributed by atoms with Crippen molar-refractivity contribution in [2.45, 2.75) is 32.7 Å². The molecule has 0 saturated carbocycles. The molecule has 0 radical (unpaired) electrons. The average Bonchev–Trinajstić information content (AvgIpc) is 2.86. The van der Waals surface area contributed by atoms with Crippen LogP contribution in [0, 0.1) is 5.92 Å². The van der Waals surface area contributed by atoms with Gasteiger partial charge in [-0.2, -0.15) is 0 Å². The van der Waals surface area contributed by atoms with Gasteiger partial charge in [0, 0.05) is 12.6 Å². The fourth-order valence-corrected chi connectivity index (χ4v) is 2.84. The maximum Gasteiger partial charge on any atom is 0.257 e. The van der Waals surface area contributed by atoms with Crippen molar-refractivity contribution in [1.29, 1.82) is 0 Å². The standard InChI is InChI=1S/C15H22N2O2/c1-10(2)13-8-5-9-17(13)15(18)11-6-4-7-12(16)14(11)19-3/h4,6-7,10,13H,5,8-9,16H2,1-3H3. The Labute approximate surface area is 114 Å². The molecule has 4 nitrogen and oxygen atoms in total. The van der Waals surface area contributed by atoms with Gasteiger partial charge in [0.1, 0.15) is 0 Å². The van der Waals surface area contributed by atoms with Crippen LogP contribution < -0.4 is 10.5 Å². The summed E-state index contributed by atoms with van der Waals surface area (Å²) in [6.45, 7) is 5.14. The third-order valence-electron chi connectivity index (χ3n) is 3.81. The molecule has 19 heavy (non-hydrogen) atoms. The van der Waals surface area contributed by atoms with E-state index in [1.807, 2.05) is 4.90 Å². The lowest BCUT2D eigenvalue weighted by Gasteiger charge is -2.28. The van der Waals surface area contributed by atoms with E-state index in [1.54, 1.807) is 25.3 Å². The van der Waals surface area contributed by atoms with E-state index in [-0.39, 0.29) is 5.91 Å². The molecule has 104 valence electrons. The lowest BCUT2D eigenvalue weighted by Crippen LogP contribution is -2.38. The number of para-hydroxylation sites is 1. The molecule has 4 heteroatoms. The molecule has 1 amide bonds. The number of hydrogen-bond donors (Lipinski definition) is 1. The van der Waals surface area contributed by atoms with Crippen molar-refractivity contribution in [3.05, 3.63) is 23.8 Å². The third kappa shape index (κ3) is 2.53. The first-order chi connectivity index (χ1) is 9.06. The second kappa shape index (κ2) is 5.51. The van der Waals surface area contributed by atoms with Gasteiger partial charge in [0.15, 0.2) is 5.75 Å². The number of benzene rings is 1. The number of ether oxygens (including phenoxy) is 1. The van der Waals surface area contributed by atoms with Gasteiger partial charge in [-0.25, -0.2) is 0 Å². The van der Waals surface area contributed by atoms with E-state index < -0.39 is 0 Å². The molecule has 0 bridgehead atoms. The highest BCUT2D eigenvalue weighted by Gasteiger charge is 2.32. The lowest BCUT2D eigenvalue weighted by molar-refractivity contribution is 0.0698. The van der Waals surface area contributed by atoms with E-state index in [0.717, 1.165) is 19.4 Å². The highest BCUT2D eigenvalue weighted by Crippen LogP contribution is 2.31. The molecule has 0 spiro atoms. The molecular weight excluding hydrogens is 240 g/mol. The number of carbonyl (C=O) groups excluding carboxylic acids is 1. The topological polar surface area (TPSA) is 55.6 Å². The number of nitrogens with zero attached hydrogens (tertiary/aromatic N) is 1. The predicted molar refractivity (Wildman–Crippen MR) is 76.3 cm³/mol. The van der Waals surface area contributed by atoms with Crippen LogP contribution in [-0.2, 0) is 0 Å². The Morgan fingerprint density at radius 3 is 2.84 bits per heavy atom. The smallest absolute Gasteiger partial charge is 0.257 e. The lowest BCUT2D eigenvalue weighted by atomic mass is 10.0. The molecule has 1 aromatic rings. The van der Waals surface area contributed by atoms with E-state index in [9.17, 15) is 4.79 Å². The second-order valence-corrected chi connectivity index (χ2v) is 5.38. The van der Waals surface area contributed by atoms with E-state index in [2.05, 4.69) is 13.8 Å². The van der Waals surface area contributed by atoms with E-state index in [0.29, 0.717) is 29.0 Å². The third-order valence-corrected chi connectivity index (χ3v) is 3.81. The fourth-order valence-electron chi connectivity index (χ4n) is 2.84. The minimum Gasteiger partial charge on any atom is -0.494 e. The van der Waals surface area contributed by atoms with E-state index >= 15 is 0 Å². The summed E-state index contributed by atoms with van der Waals surface area (Å²) in [6.07, 6.45) is 2.15. The van der Waals surface area contributed by atoms with Crippen molar-refractivity contribution in [2.75, 3.05) is 19.4 Å². The molecule has 1 saturated heterocycles. The van der Waals surface area contributed by atoms with Crippen LogP contribution in [0.4, 0.5) is 5.69 Å². The number of hydrogen-bond acceptors (Lipinski definition) is 3. The molecule has 1 aliphatic rings. The first-order valence-corrected chi connectivity index (χ1v) is 6.79. The summed E-state index contributed by atoms with van der Waals surface area (Å²) in [5, 5.41) is 0. The zero-order chi connectivity index (χ0) is 14.0. The Morgan fingerprint density at radius 1 is 1.47 bits per heavy atom. The second-order valence-electron chi connectivity index (χ2n) is 5.38. The van der Waals surface area contributed by atoms with Gasteiger partial charge < -0.3 is 15.4 Å². The van der Waals surface area contributed by atoms with Crippen LogP contribution >= 0.6 is 0 Å².